The van der Waals surface area contributed by atoms with Crippen molar-refractivity contribution in [3.8, 4) is 0 Å². The molecule has 0 aliphatic rings. The summed E-state index contributed by atoms with van der Waals surface area (Å²) in [6, 6.07) is 7.84. The quantitative estimate of drug-likeness (QED) is 0.761. The van der Waals surface area contributed by atoms with E-state index in [-0.39, 0.29) is 6.04 Å². The van der Waals surface area contributed by atoms with Gasteiger partial charge in [0.15, 0.2) is 0 Å². The summed E-state index contributed by atoms with van der Waals surface area (Å²) in [5.74, 6) is 1.37. The number of hydrogen-bond donors (Lipinski definition) is 2. The van der Waals surface area contributed by atoms with Crippen LogP contribution in [0.2, 0.25) is 5.02 Å². The average Bonchev–Trinajstić information content (AvgIpc) is 2.48. The molecule has 6 heteroatoms. The smallest absolute Gasteiger partial charge is 0.224 e. The molecule has 21 heavy (non-hydrogen) atoms. The van der Waals surface area contributed by atoms with Crippen molar-refractivity contribution in [3.63, 3.8) is 0 Å². The minimum atomic E-state index is 0.0453. The van der Waals surface area contributed by atoms with Crippen molar-refractivity contribution in [3.05, 3.63) is 45.5 Å². The molecule has 0 amide bonds. The number of halogens is 2. The summed E-state index contributed by atoms with van der Waals surface area (Å²) in [6.45, 7) is 5.00. The third-order valence-electron chi connectivity index (χ3n) is 3.00. The molecule has 1 unspecified atom stereocenters. The van der Waals surface area contributed by atoms with Crippen LogP contribution < -0.4 is 10.6 Å². The fraction of sp³-hybridized carbons (Fsp3) is 0.333. The van der Waals surface area contributed by atoms with E-state index in [1.54, 1.807) is 6.20 Å². The molecule has 1 atom stereocenters. The largest absolute Gasteiger partial charge is 0.362 e. The summed E-state index contributed by atoms with van der Waals surface area (Å²) in [7, 11) is 0. The van der Waals surface area contributed by atoms with Gasteiger partial charge in [-0.1, -0.05) is 36.7 Å². The van der Waals surface area contributed by atoms with Crippen LogP contribution in [-0.2, 0) is 0 Å². The molecular weight excluding hydrogens is 352 g/mol. The summed E-state index contributed by atoms with van der Waals surface area (Å²) in [6.07, 6.45) is 2.77. The van der Waals surface area contributed by atoms with Crippen molar-refractivity contribution in [2.75, 3.05) is 17.2 Å². The fourth-order valence-electron chi connectivity index (χ4n) is 1.90. The number of aromatic nitrogens is 2. The third kappa shape index (κ3) is 4.32. The number of nitrogens with one attached hydrogen (secondary N) is 2. The van der Waals surface area contributed by atoms with E-state index >= 15 is 0 Å². The van der Waals surface area contributed by atoms with Crippen LogP contribution in [0, 0.1) is 0 Å². The second-order valence-corrected chi connectivity index (χ2v) is 5.97. The van der Waals surface area contributed by atoms with Crippen LogP contribution in [0.5, 0.6) is 0 Å². The minimum Gasteiger partial charge on any atom is -0.362 e. The van der Waals surface area contributed by atoms with Crippen LogP contribution in [0.4, 0.5) is 11.8 Å². The molecule has 0 saturated heterocycles. The molecule has 4 nitrogen and oxygen atoms in total. The van der Waals surface area contributed by atoms with Gasteiger partial charge in [-0.2, -0.15) is 4.98 Å². The van der Waals surface area contributed by atoms with Crippen molar-refractivity contribution in [2.45, 2.75) is 26.3 Å². The van der Waals surface area contributed by atoms with Crippen LogP contribution in [0.3, 0.4) is 0 Å². The van der Waals surface area contributed by atoms with Gasteiger partial charge in [-0.3, -0.25) is 0 Å². The highest BCUT2D eigenvalue weighted by Gasteiger charge is 2.12. The Bertz CT molecular complexity index is 606. The number of anilines is 2. The lowest BCUT2D eigenvalue weighted by molar-refractivity contribution is 0.868. The van der Waals surface area contributed by atoms with Crippen LogP contribution in [-0.4, -0.2) is 16.5 Å². The summed E-state index contributed by atoms with van der Waals surface area (Å²) >= 11 is 9.70. The Morgan fingerprint density at radius 3 is 2.81 bits per heavy atom. The SMILES string of the molecule is CCCNc1ncc(Br)c(NC(C)c2ccccc2Cl)n1. The molecule has 112 valence electrons. The molecule has 1 aromatic carbocycles. The summed E-state index contributed by atoms with van der Waals surface area (Å²) < 4.78 is 0.823. The van der Waals surface area contributed by atoms with Crippen molar-refractivity contribution in [1.82, 2.24) is 9.97 Å². The van der Waals surface area contributed by atoms with Crippen LogP contribution in [0.15, 0.2) is 34.9 Å². The van der Waals surface area contributed by atoms with Gasteiger partial charge in [0.2, 0.25) is 5.95 Å². The summed E-state index contributed by atoms with van der Waals surface area (Å²) in [5, 5.41) is 7.28. The Labute approximate surface area is 138 Å². The molecule has 2 N–H and O–H groups in total. The number of rotatable bonds is 6. The molecule has 0 bridgehead atoms. The molecule has 1 heterocycles. The maximum atomic E-state index is 6.23. The van der Waals surface area contributed by atoms with E-state index in [1.165, 1.54) is 0 Å². The van der Waals surface area contributed by atoms with Crippen molar-refractivity contribution in [1.29, 1.82) is 0 Å². The Morgan fingerprint density at radius 2 is 2.10 bits per heavy atom. The zero-order valence-electron chi connectivity index (χ0n) is 12.0. The predicted molar refractivity (Wildman–Crippen MR) is 92.0 cm³/mol. The van der Waals surface area contributed by atoms with Gasteiger partial charge in [0.25, 0.3) is 0 Å². The lowest BCUT2D eigenvalue weighted by Crippen LogP contribution is -2.11. The van der Waals surface area contributed by atoms with E-state index < -0.39 is 0 Å². The van der Waals surface area contributed by atoms with Crippen LogP contribution >= 0.6 is 27.5 Å². The maximum Gasteiger partial charge on any atom is 0.224 e. The monoisotopic (exact) mass is 368 g/mol. The van der Waals surface area contributed by atoms with Gasteiger partial charge in [0, 0.05) is 17.8 Å². The maximum absolute atomic E-state index is 6.23. The highest BCUT2D eigenvalue weighted by atomic mass is 79.9. The van der Waals surface area contributed by atoms with E-state index in [1.807, 2.05) is 24.3 Å². The van der Waals surface area contributed by atoms with E-state index in [2.05, 4.69) is 50.4 Å². The molecule has 0 fully saturated rings. The first kappa shape index (κ1) is 16.0. The van der Waals surface area contributed by atoms with E-state index in [9.17, 15) is 0 Å². The first-order chi connectivity index (χ1) is 10.1. The molecule has 2 rings (SSSR count). The van der Waals surface area contributed by atoms with Gasteiger partial charge in [-0.05, 0) is 40.9 Å². The Kier molecular flexibility index (Phi) is 5.82. The Morgan fingerprint density at radius 1 is 1.33 bits per heavy atom. The molecule has 0 aliphatic heterocycles. The van der Waals surface area contributed by atoms with Crippen molar-refractivity contribution >= 4 is 39.3 Å². The second kappa shape index (κ2) is 7.61. The zero-order chi connectivity index (χ0) is 15.2. The lowest BCUT2D eigenvalue weighted by Gasteiger charge is -2.17. The Balaban J connectivity index is 2.16. The molecule has 0 aliphatic carbocycles. The van der Waals surface area contributed by atoms with Gasteiger partial charge in [-0.15, -0.1) is 0 Å². The topological polar surface area (TPSA) is 49.8 Å². The van der Waals surface area contributed by atoms with Gasteiger partial charge < -0.3 is 10.6 Å². The van der Waals surface area contributed by atoms with E-state index in [0.717, 1.165) is 33.8 Å². The molecule has 1 aromatic heterocycles. The van der Waals surface area contributed by atoms with Crippen molar-refractivity contribution < 1.29 is 0 Å². The number of nitrogens with zero attached hydrogens (tertiary/aromatic N) is 2. The average molecular weight is 370 g/mol. The third-order valence-corrected chi connectivity index (χ3v) is 3.93. The Hall–Kier alpha value is -1.33. The molecule has 2 aromatic rings. The fourth-order valence-corrected chi connectivity index (χ4v) is 2.50. The normalized spacial score (nSPS) is 12.0. The van der Waals surface area contributed by atoms with Crippen LogP contribution in [0.25, 0.3) is 0 Å². The van der Waals surface area contributed by atoms with Gasteiger partial charge >= 0.3 is 0 Å². The molecule has 0 saturated carbocycles. The number of benzene rings is 1. The lowest BCUT2D eigenvalue weighted by atomic mass is 10.1. The van der Waals surface area contributed by atoms with Crippen LogP contribution in [0.1, 0.15) is 31.9 Å². The first-order valence-corrected chi connectivity index (χ1v) is 8.06. The summed E-state index contributed by atoms with van der Waals surface area (Å²) in [5.41, 5.74) is 1.03. The minimum absolute atomic E-state index is 0.0453. The highest BCUT2D eigenvalue weighted by Crippen LogP contribution is 2.28. The molecule has 0 radical (unpaired) electrons. The molecule has 0 spiro atoms. The predicted octanol–water partition coefficient (Wildman–Crippen LogP) is 4.89. The standard InChI is InChI=1S/C15H18BrClN4/c1-3-8-18-15-19-9-12(16)14(21-15)20-10(2)11-6-4-5-7-13(11)17/h4-7,9-10H,3,8H2,1-2H3,(H2,18,19,20,21). The van der Waals surface area contributed by atoms with Gasteiger partial charge in [0.05, 0.1) is 10.5 Å². The molecular formula is C15H18BrClN4. The van der Waals surface area contributed by atoms with Crippen molar-refractivity contribution in [2.24, 2.45) is 0 Å². The van der Waals surface area contributed by atoms with E-state index in [4.69, 9.17) is 11.6 Å². The summed E-state index contributed by atoms with van der Waals surface area (Å²) in [4.78, 5) is 8.72. The second-order valence-electron chi connectivity index (χ2n) is 4.70. The highest BCUT2D eigenvalue weighted by molar-refractivity contribution is 9.10. The first-order valence-electron chi connectivity index (χ1n) is 6.89. The zero-order valence-corrected chi connectivity index (χ0v) is 14.4. The van der Waals surface area contributed by atoms with E-state index in [0.29, 0.717) is 5.95 Å². The number of hydrogen-bond acceptors (Lipinski definition) is 4. The van der Waals surface area contributed by atoms with Gasteiger partial charge in [0.1, 0.15) is 5.82 Å². The van der Waals surface area contributed by atoms with Gasteiger partial charge in [-0.25, -0.2) is 4.98 Å².